The van der Waals surface area contributed by atoms with Crippen LogP contribution < -0.4 is 20.4 Å². The quantitative estimate of drug-likeness (QED) is 0.148. The first kappa shape index (κ1) is 35.4. The number of hydrogen-bond donors (Lipinski definition) is 0. The van der Waals surface area contributed by atoms with Crippen LogP contribution >= 0.6 is 27.3 Å². The smallest absolute Gasteiger partial charge is 0.0198 e. The van der Waals surface area contributed by atoms with E-state index in [4.69, 9.17) is 19.4 Å². The number of benzene rings is 4. The molecule has 5 rings (SSSR count). The first-order valence-corrected chi connectivity index (χ1v) is 23.5. The molecule has 1 fully saturated rings. The summed E-state index contributed by atoms with van der Waals surface area (Å²) < 4.78 is 3.15. The van der Waals surface area contributed by atoms with Crippen molar-refractivity contribution in [3.05, 3.63) is 130 Å². The maximum absolute atomic E-state index is 7.26. The zero-order valence-corrected chi connectivity index (χ0v) is 32.2. The molecule has 0 saturated carbocycles. The van der Waals surface area contributed by atoms with Crippen LogP contribution in [0.3, 0.4) is 0 Å². The number of rotatable bonds is 5. The molecule has 1 saturated heterocycles. The Morgan fingerprint density at radius 3 is 1.33 bits per heavy atom. The van der Waals surface area contributed by atoms with Crippen molar-refractivity contribution in [1.82, 2.24) is 0 Å². The summed E-state index contributed by atoms with van der Waals surface area (Å²) in [5, 5.41) is 2.88. The minimum atomic E-state index is -3.33. The zero-order valence-electron chi connectivity index (χ0n) is 28.1. The van der Waals surface area contributed by atoms with E-state index < -0.39 is 11.9 Å². The third-order valence-corrected chi connectivity index (χ3v) is 15.4. The van der Waals surface area contributed by atoms with E-state index in [1.807, 2.05) is 0 Å². The Kier molecular flexibility index (Phi) is 12.2. The topological polar surface area (TPSA) is 6.48 Å². The minimum Gasteiger partial charge on any atom is -0.0622 e. The van der Waals surface area contributed by atoms with Gasteiger partial charge in [0.2, 0.25) is 0 Å². The first-order chi connectivity index (χ1) is 21.3. The molecule has 45 heavy (non-hydrogen) atoms. The van der Waals surface area contributed by atoms with Crippen LogP contribution in [-0.4, -0.2) is 28.7 Å². The maximum Gasteiger partial charge on any atom is -0.0198 e. The third-order valence-electron chi connectivity index (χ3n) is 7.83. The van der Waals surface area contributed by atoms with Crippen LogP contribution in [0.4, 0.5) is 11.4 Å². The molecule has 0 aromatic heterocycles. The van der Waals surface area contributed by atoms with E-state index in [2.05, 4.69) is 167 Å². The summed E-state index contributed by atoms with van der Waals surface area (Å²) in [4.78, 5) is 4.79. The summed E-state index contributed by atoms with van der Waals surface area (Å²) >= 11 is -3.33. The minimum absolute atomic E-state index is 0.171. The van der Waals surface area contributed by atoms with Crippen LogP contribution in [0.25, 0.3) is 0 Å². The van der Waals surface area contributed by atoms with Crippen LogP contribution in [0, 0.1) is 41.5 Å². The van der Waals surface area contributed by atoms with Gasteiger partial charge in [-0.15, -0.1) is 0 Å². The fourth-order valence-corrected chi connectivity index (χ4v) is 13.1. The van der Waals surface area contributed by atoms with Gasteiger partial charge in [-0.2, -0.15) is 0 Å². The number of nitrogens with zero attached hydrogens (tertiary/aromatic N) is 2. The molecule has 240 valence electrons. The van der Waals surface area contributed by atoms with Crippen LogP contribution in [-0.2, 0) is 11.9 Å². The first-order valence-electron chi connectivity index (χ1n) is 15.3. The second-order valence-corrected chi connectivity index (χ2v) is 23.6. The van der Waals surface area contributed by atoms with Crippen molar-refractivity contribution in [1.29, 1.82) is 0 Å². The molecule has 1 aliphatic heterocycles. The summed E-state index contributed by atoms with van der Waals surface area (Å²) in [6, 6.07) is 30.4. The molecule has 0 aliphatic carbocycles. The summed E-state index contributed by atoms with van der Waals surface area (Å²) in [6.07, 6.45) is 2.08. The monoisotopic (exact) mass is 746 g/mol. The number of halogens is 2. The second-order valence-electron chi connectivity index (χ2n) is 12.1. The van der Waals surface area contributed by atoms with Crippen molar-refractivity contribution in [3.63, 3.8) is 0 Å². The normalized spacial score (nSPS) is 13.5. The van der Waals surface area contributed by atoms with E-state index in [0.29, 0.717) is 0 Å². The molecule has 2 nitrogen and oxygen atoms in total. The van der Waals surface area contributed by atoms with Crippen molar-refractivity contribution in [2.45, 2.75) is 55.4 Å². The number of hydrogen-bond acceptors (Lipinski definition) is 2. The number of anilines is 2. The Labute approximate surface area is 283 Å². The average molecular weight is 747 g/mol. The summed E-state index contributed by atoms with van der Waals surface area (Å²) in [5.41, 5.74) is 11.3. The van der Waals surface area contributed by atoms with E-state index in [-0.39, 0.29) is 7.92 Å². The molecule has 0 unspecified atom stereocenters. The Hall–Kier alpha value is -2.41. The van der Waals surface area contributed by atoms with E-state index in [1.54, 1.807) is 0 Å². The van der Waals surface area contributed by atoms with Gasteiger partial charge in [-0.05, 0) is 25.2 Å². The van der Waals surface area contributed by atoms with Crippen molar-refractivity contribution in [2.24, 2.45) is 0 Å². The van der Waals surface area contributed by atoms with Gasteiger partial charge >= 0.3 is 199 Å². The average Bonchev–Trinajstić information content (AvgIpc) is 3.41. The standard InChI is InChI=1S/C21H26N2.C13H13P.C5H8.2ClH.Ru/c1-14-9-16(3)20(17(4)10-14)22-7-8-23(13-22)21-18(5)11-15(2)12-19(21)6;1-14(12-8-4-2-5-9-12)13-10-6-3-7-11-13;1-4-5(2)3;;;/h9-12H,7-8H2,1-6H3;2-11H,1H3;1,4H,2-3H3;2*1H;/q;;;;;+2/p-2. The number of aryl methyl sites for hydroxylation is 6. The van der Waals surface area contributed by atoms with Gasteiger partial charge in [0.05, 0.1) is 0 Å². The number of allylic oxidation sites excluding steroid dienone is 2. The molecule has 0 atom stereocenters. The van der Waals surface area contributed by atoms with E-state index >= 15 is 0 Å². The van der Waals surface area contributed by atoms with Gasteiger partial charge in [0.1, 0.15) is 0 Å². The molecule has 1 heterocycles. The van der Waals surface area contributed by atoms with Crippen molar-refractivity contribution < 1.29 is 11.9 Å². The summed E-state index contributed by atoms with van der Waals surface area (Å²) in [7, 11) is 14.4. The van der Waals surface area contributed by atoms with Gasteiger partial charge in [0, 0.05) is 0 Å². The molecular formula is C39H47Cl2N2PRu. The predicted octanol–water partition coefficient (Wildman–Crippen LogP) is 9.93. The van der Waals surface area contributed by atoms with Gasteiger partial charge in [0.25, 0.3) is 0 Å². The third kappa shape index (κ3) is 8.70. The van der Waals surface area contributed by atoms with E-state index in [0.717, 1.165) is 17.4 Å². The fourth-order valence-electron chi connectivity index (χ4n) is 6.08. The molecule has 0 radical (unpaired) electrons. The van der Waals surface area contributed by atoms with E-state index in [1.165, 1.54) is 60.9 Å². The molecule has 0 bridgehead atoms. The molecule has 1 aliphatic rings. The Morgan fingerprint density at radius 1 is 0.644 bits per heavy atom. The van der Waals surface area contributed by atoms with Crippen molar-refractivity contribution in [2.75, 3.05) is 29.6 Å². The SMILES string of the molecule is CC(C)=C[CH]=[Ru]([Cl])([Cl])=[C]1N(c2c(C)cc(C)cc2C)CCN1c1c(C)cc(C)cc1C.CP(c1ccccc1)c1ccccc1. The fraction of sp³-hybridized carbons (Fsp3) is 0.282. The Balaban J connectivity index is 0.000000273. The molecule has 6 heteroatoms. The summed E-state index contributed by atoms with van der Waals surface area (Å²) in [6.45, 7) is 21.3. The van der Waals surface area contributed by atoms with Gasteiger partial charge in [-0.3, -0.25) is 0 Å². The molecule has 4 aromatic rings. The molecule has 0 spiro atoms. The summed E-state index contributed by atoms with van der Waals surface area (Å²) in [5.74, 6) is 0. The molecule has 0 N–H and O–H groups in total. The van der Waals surface area contributed by atoms with Crippen molar-refractivity contribution >= 4 is 58.3 Å². The second kappa shape index (κ2) is 15.5. The zero-order chi connectivity index (χ0) is 32.9. The van der Waals surface area contributed by atoms with Gasteiger partial charge < -0.3 is 0 Å². The van der Waals surface area contributed by atoms with Crippen LogP contribution in [0.2, 0.25) is 0 Å². The Morgan fingerprint density at radius 2 is 1.00 bits per heavy atom. The van der Waals surface area contributed by atoms with Crippen molar-refractivity contribution in [3.8, 4) is 0 Å². The molecule has 4 aromatic carbocycles. The van der Waals surface area contributed by atoms with Crippen LogP contribution in [0.5, 0.6) is 0 Å². The van der Waals surface area contributed by atoms with E-state index in [9.17, 15) is 0 Å². The predicted molar refractivity (Wildman–Crippen MR) is 203 cm³/mol. The van der Waals surface area contributed by atoms with Gasteiger partial charge in [-0.25, -0.2) is 0 Å². The molecular weight excluding hydrogens is 699 g/mol. The van der Waals surface area contributed by atoms with Crippen LogP contribution in [0.1, 0.15) is 47.2 Å². The van der Waals surface area contributed by atoms with Crippen LogP contribution in [0.15, 0.2) is 96.6 Å². The molecule has 0 amide bonds. The largest absolute Gasteiger partial charge is 0.0622 e. The Bertz CT molecular complexity index is 1640. The van der Waals surface area contributed by atoms with Gasteiger partial charge in [-0.1, -0.05) is 60.7 Å². The maximum atomic E-state index is 7.26. The van der Waals surface area contributed by atoms with Gasteiger partial charge in [0.15, 0.2) is 0 Å².